The van der Waals surface area contributed by atoms with Gasteiger partial charge in [0.05, 0.1) is 0 Å². The molecule has 9 heteroatoms. The van der Waals surface area contributed by atoms with E-state index in [1.807, 2.05) is 13.8 Å². The quantitative estimate of drug-likeness (QED) is 0.268. The first-order valence-electron chi connectivity index (χ1n) is 4.45. The third kappa shape index (κ3) is 7.07. The van der Waals surface area contributed by atoms with Crippen LogP contribution in [-0.2, 0) is 40.6 Å². The Balaban J connectivity index is 3.93. The van der Waals surface area contributed by atoms with E-state index in [1.54, 1.807) is 0 Å². The van der Waals surface area contributed by atoms with Gasteiger partial charge in [0, 0.05) is 0 Å². The minimum atomic E-state index is -4.26. The molecule has 0 unspecified atom stereocenters. The molecule has 0 amide bonds. The molecule has 0 aliphatic rings. The summed E-state index contributed by atoms with van der Waals surface area (Å²) in [6.07, 6.45) is 1.50. The van der Waals surface area contributed by atoms with E-state index in [0.717, 1.165) is 12.8 Å². The Labute approximate surface area is 104 Å². The molecule has 6 nitrogen and oxygen atoms in total. The van der Waals surface area contributed by atoms with Gasteiger partial charge < -0.3 is 0 Å². The molecule has 0 spiro atoms. The SMILES string of the molecule is CCCO[O][Ti]([O]Cl)([O]Cl)[O]OCCC. The van der Waals surface area contributed by atoms with E-state index in [0.29, 0.717) is 13.2 Å². The molecule has 0 saturated heterocycles. The van der Waals surface area contributed by atoms with Crippen LogP contribution < -0.4 is 0 Å². The summed E-state index contributed by atoms with van der Waals surface area (Å²) in [4.78, 5) is 9.44. The van der Waals surface area contributed by atoms with Crippen LogP contribution in [0.3, 0.4) is 0 Å². The zero-order valence-electron chi connectivity index (χ0n) is 8.53. The van der Waals surface area contributed by atoms with Gasteiger partial charge in [0.15, 0.2) is 0 Å². The molecule has 0 aromatic carbocycles. The van der Waals surface area contributed by atoms with Gasteiger partial charge in [0.1, 0.15) is 0 Å². The van der Waals surface area contributed by atoms with Crippen LogP contribution in [0.4, 0.5) is 0 Å². The Bertz CT molecular complexity index is 136. The fourth-order valence-corrected chi connectivity index (χ4v) is 2.24. The molecule has 0 heterocycles. The first kappa shape index (κ1) is 16.1. The van der Waals surface area contributed by atoms with Gasteiger partial charge >= 0.3 is 104 Å². The van der Waals surface area contributed by atoms with Crippen LogP contribution in [0.15, 0.2) is 0 Å². The van der Waals surface area contributed by atoms with Crippen molar-refractivity contribution in [3.05, 3.63) is 0 Å². The van der Waals surface area contributed by atoms with E-state index in [9.17, 15) is 0 Å². The maximum absolute atomic E-state index is 5.15. The van der Waals surface area contributed by atoms with Crippen LogP contribution in [-0.4, -0.2) is 13.2 Å². The van der Waals surface area contributed by atoms with Crippen molar-refractivity contribution >= 4 is 23.7 Å². The van der Waals surface area contributed by atoms with Crippen molar-refractivity contribution in [2.45, 2.75) is 26.7 Å². The van der Waals surface area contributed by atoms with Gasteiger partial charge in [-0.1, -0.05) is 0 Å². The third-order valence-corrected chi connectivity index (χ3v) is 4.24. The molecule has 0 fully saturated rings. The van der Waals surface area contributed by atoms with E-state index in [4.69, 9.17) is 40.4 Å². The van der Waals surface area contributed by atoms with Crippen molar-refractivity contribution in [3.63, 3.8) is 0 Å². The summed E-state index contributed by atoms with van der Waals surface area (Å²) in [6.45, 7) is 4.47. The van der Waals surface area contributed by atoms with Crippen LogP contribution in [0.25, 0.3) is 0 Å². The molecule has 0 N–H and O–H groups in total. The Morgan fingerprint density at radius 2 is 1.27 bits per heavy atom. The van der Waals surface area contributed by atoms with E-state index >= 15 is 0 Å². The van der Waals surface area contributed by atoms with Crippen molar-refractivity contribution in [2.75, 3.05) is 13.2 Å². The molecule has 0 aliphatic heterocycles. The monoisotopic (exact) mass is 300 g/mol. The molecular formula is C6H14Cl2O6Ti. The summed E-state index contributed by atoms with van der Waals surface area (Å²) in [5.74, 6) is 0. The molecule has 92 valence electrons. The fourth-order valence-electron chi connectivity index (χ4n) is 0.472. The second-order valence-corrected chi connectivity index (χ2v) is 6.30. The predicted octanol–water partition coefficient (Wildman–Crippen LogP) is 2.86. The van der Waals surface area contributed by atoms with Crippen molar-refractivity contribution in [1.29, 1.82) is 0 Å². The summed E-state index contributed by atoms with van der Waals surface area (Å²) < 4.78 is 18.3. The van der Waals surface area contributed by atoms with Crippen molar-refractivity contribution in [1.82, 2.24) is 0 Å². The standard InChI is InChI=1S/2C3H8O2.2ClO.Ti/c2*1-2-3-5-4;2*1-2;/h2*4H,2-3H2,1H3;;;/q;;2*-1;+4/p-2. The molecule has 0 aromatic heterocycles. The van der Waals surface area contributed by atoms with Crippen LogP contribution in [0, 0.1) is 0 Å². The first-order valence-corrected chi connectivity index (χ1v) is 7.62. The first-order chi connectivity index (χ1) is 7.24. The number of halogens is 2. The van der Waals surface area contributed by atoms with Gasteiger partial charge in [0.25, 0.3) is 0 Å². The van der Waals surface area contributed by atoms with Crippen molar-refractivity contribution in [2.24, 2.45) is 0 Å². The number of rotatable bonds is 10. The Morgan fingerprint density at radius 1 is 0.867 bits per heavy atom. The number of hydrogen-bond donors (Lipinski definition) is 0. The molecule has 0 aliphatic carbocycles. The Morgan fingerprint density at radius 3 is 1.53 bits per heavy atom. The molecule has 0 atom stereocenters. The number of hydrogen-bond acceptors (Lipinski definition) is 6. The summed E-state index contributed by atoms with van der Waals surface area (Å²) in [6, 6.07) is 0. The van der Waals surface area contributed by atoms with Gasteiger partial charge in [0.2, 0.25) is 0 Å². The zero-order valence-corrected chi connectivity index (χ0v) is 11.6. The molecule has 15 heavy (non-hydrogen) atoms. The molecule has 0 radical (unpaired) electrons. The average Bonchev–Trinajstić information content (AvgIpc) is 2.28. The van der Waals surface area contributed by atoms with Gasteiger partial charge in [-0.05, 0) is 0 Å². The molecule has 0 aromatic rings. The summed E-state index contributed by atoms with van der Waals surface area (Å²) in [5, 5.41) is 0. The third-order valence-electron chi connectivity index (χ3n) is 1.09. The van der Waals surface area contributed by atoms with Crippen LogP contribution in [0.2, 0.25) is 0 Å². The molecule has 0 saturated carbocycles. The van der Waals surface area contributed by atoms with Crippen LogP contribution in [0.1, 0.15) is 26.7 Å². The predicted molar refractivity (Wildman–Crippen MR) is 48.5 cm³/mol. The molecule has 0 rings (SSSR count). The average molecular weight is 301 g/mol. The summed E-state index contributed by atoms with van der Waals surface area (Å²) >= 11 is 6.03. The van der Waals surface area contributed by atoms with Crippen LogP contribution in [0.5, 0.6) is 0 Å². The summed E-state index contributed by atoms with van der Waals surface area (Å²) in [7, 11) is 0. The zero-order chi connectivity index (χ0) is 11.6. The molecule has 0 bridgehead atoms. The fraction of sp³-hybridized carbons (Fsp3) is 1.00. The van der Waals surface area contributed by atoms with Gasteiger partial charge in [-0.2, -0.15) is 0 Å². The van der Waals surface area contributed by atoms with E-state index in [2.05, 4.69) is 5.74 Å². The van der Waals surface area contributed by atoms with Gasteiger partial charge in [-0.25, -0.2) is 0 Å². The van der Waals surface area contributed by atoms with Crippen molar-refractivity contribution in [3.8, 4) is 0 Å². The van der Waals surface area contributed by atoms with Gasteiger partial charge in [-0.3, -0.25) is 0 Å². The Kier molecular flexibility index (Phi) is 10.9. The van der Waals surface area contributed by atoms with E-state index < -0.39 is 18.1 Å². The molecular weight excluding hydrogens is 287 g/mol. The van der Waals surface area contributed by atoms with Crippen LogP contribution >= 0.6 is 23.7 Å². The van der Waals surface area contributed by atoms with Gasteiger partial charge in [-0.15, -0.1) is 0 Å². The minimum absolute atomic E-state index is 0.338. The second-order valence-electron chi connectivity index (χ2n) is 2.46. The maximum atomic E-state index is 5.15. The van der Waals surface area contributed by atoms with Crippen molar-refractivity contribution < 1.29 is 40.6 Å². The Hall–Kier alpha value is 1.05. The normalized spacial score (nSPS) is 12.0. The second kappa shape index (κ2) is 10.2. The summed E-state index contributed by atoms with van der Waals surface area (Å²) in [5.41, 5.74) is 0. The van der Waals surface area contributed by atoms with E-state index in [1.165, 1.54) is 0 Å². The topological polar surface area (TPSA) is 55.4 Å². The van der Waals surface area contributed by atoms with E-state index in [-0.39, 0.29) is 0 Å².